The van der Waals surface area contributed by atoms with Gasteiger partial charge in [-0.1, -0.05) is 41.5 Å². The summed E-state index contributed by atoms with van der Waals surface area (Å²) >= 11 is 0. The van der Waals surface area contributed by atoms with Gasteiger partial charge in [-0.3, -0.25) is 0 Å². The molecule has 3 nitrogen and oxygen atoms in total. The van der Waals surface area contributed by atoms with Crippen LogP contribution in [0, 0.1) is 0 Å². The van der Waals surface area contributed by atoms with Crippen molar-refractivity contribution >= 4 is 11.8 Å². The van der Waals surface area contributed by atoms with Gasteiger partial charge in [-0.2, -0.15) is 4.99 Å². The lowest BCUT2D eigenvalue weighted by Crippen LogP contribution is -2.16. The molecule has 0 aromatic heterocycles. The molecule has 0 aliphatic carbocycles. The third-order valence-corrected chi connectivity index (χ3v) is 2.89. The molecule has 98 valence electrons. The zero-order valence-corrected chi connectivity index (χ0v) is 12.0. The van der Waals surface area contributed by atoms with Crippen molar-refractivity contribution < 1.29 is 9.90 Å². The number of hydrogen-bond donors (Lipinski definition) is 1. The summed E-state index contributed by atoms with van der Waals surface area (Å²) in [5, 5.41) is 10.4. The van der Waals surface area contributed by atoms with E-state index in [1.807, 2.05) is 41.5 Å². The first-order valence-corrected chi connectivity index (χ1v) is 6.03. The normalized spacial score (nSPS) is 12.1. The molecule has 0 heterocycles. The molecule has 0 unspecified atom stereocenters. The van der Waals surface area contributed by atoms with Crippen LogP contribution < -0.4 is 0 Å². The lowest BCUT2D eigenvalue weighted by molar-refractivity contribution is 0.423. The van der Waals surface area contributed by atoms with Gasteiger partial charge in [0.1, 0.15) is 5.75 Å². The molecule has 0 fully saturated rings. The summed E-state index contributed by atoms with van der Waals surface area (Å²) in [5.41, 5.74) is 1.71. The summed E-state index contributed by atoms with van der Waals surface area (Å²) in [4.78, 5) is 14.1. The highest BCUT2D eigenvalue weighted by atomic mass is 16.3. The van der Waals surface area contributed by atoms with Gasteiger partial charge < -0.3 is 5.11 Å². The van der Waals surface area contributed by atoms with E-state index in [-0.39, 0.29) is 10.8 Å². The van der Waals surface area contributed by atoms with E-state index in [0.29, 0.717) is 11.4 Å². The largest absolute Gasteiger partial charge is 0.507 e. The Bertz CT molecular complexity index is 463. The number of hydrogen-bond acceptors (Lipinski definition) is 3. The number of rotatable bonds is 1. The summed E-state index contributed by atoms with van der Waals surface area (Å²) in [7, 11) is 0. The number of nitrogens with zero attached hydrogens (tertiary/aromatic N) is 1. The van der Waals surface area contributed by atoms with Crippen LogP contribution in [0.2, 0.25) is 0 Å². The average Bonchev–Trinajstić information content (AvgIpc) is 2.17. The van der Waals surface area contributed by atoms with Crippen LogP contribution in [0.4, 0.5) is 5.69 Å². The van der Waals surface area contributed by atoms with E-state index < -0.39 is 0 Å². The zero-order chi connectivity index (χ0) is 14.1. The van der Waals surface area contributed by atoms with Crippen LogP contribution in [0.5, 0.6) is 5.75 Å². The van der Waals surface area contributed by atoms with E-state index in [4.69, 9.17) is 0 Å². The van der Waals surface area contributed by atoms with Gasteiger partial charge in [-0.15, -0.1) is 0 Å². The fraction of sp³-hybridized carbons (Fsp3) is 0.533. The van der Waals surface area contributed by atoms with E-state index in [1.54, 1.807) is 18.2 Å². The molecule has 0 amide bonds. The number of carbonyl (C=O) groups excluding carboxylic acids is 1. The van der Waals surface area contributed by atoms with Crippen molar-refractivity contribution in [1.29, 1.82) is 0 Å². The standard InChI is InChI=1S/C15H21NO2/c1-14(2,3)11-7-10(16-9-17)8-12(13(11)18)15(4,5)6/h7-8,18H,1-6H3. The summed E-state index contributed by atoms with van der Waals surface area (Å²) in [5.74, 6) is 0.292. The maximum Gasteiger partial charge on any atom is 0.240 e. The Morgan fingerprint density at radius 3 is 1.67 bits per heavy atom. The van der Waals surface area contributed by atoms with Crippen LogP contribution in [-0.2, 0) is 15.6 Å². The molecule has 1 aromatic rings. The highest BCUT2D eigenvalue weighted by Crippen LogP contribution is 2.41. The topological polar surface area (TPSA) is 49.7 Å². The molecule has 0 spiro atoms. The molecular formula is C15H21NO2. The lowest BCUT2D eigenvalue weighted by atomic mass is 9.79. The van der Waals surface area contributed by atoms with Crippen molar-refractivity contribution in [3.63, 3.8) is 0 Å². The fourth-order valence-electron chi connectivity index (χ4n) is 1.88. The molecule has 0 radical (unpaired) electrons. The molecule has 1 rings (SSSR count). The molecule has 0 atom stereocenters. The summed E-state index contributed by atoms with van der Waals surface area (Å²) in [6, 6.07) is 3.49. The quantitative estimate of drug-likeness (QED) is 0.603. The molecule has 1 N–H and O–H groups in total. The number of aromatic hydroxyl groups is 1. The minimum absolute atomic E-state index is 0.210. The molecular weight excluding hydrogens is 226 g/mol. The van der Waals surface area contributed by atoms with Gasteiger partial charge in [0, 0.05) is 11.1 Å². The van der Waals surface area contributed by atoms with Gasteiger partial charge in [0.05, 0.1) is 5.69 Å². The van der Waals surface area contributed by atoms with E-state index in [9.17, 15) is 9.90 Å². The van der Waals surface area contributed by atoms with Gasteiger partial charge in [0.25, 0.3) is 0 Å². The number of isocyanates is 1. The van der Waals surface area contributed by atoms with Crippen molar-refractivity contribution in [3.05, 3.63) is 23.3 Å². The van der Waals surface area contributed by atoms with Crippen molar-refractivity contribution in [1.82, 2.24) is 0 Å². The molecule has 0 aliphatic heterocycles. The molecule has 0 saturated carbocycles. The van der Waals surface area contributed by atoms with Crippen LogP contribution in [0.3, 0.4) is 0 Å². The van der Waals surface area contributed by atoms with Crippen LogP contribution in [-0.4, -0.2) is 11.2 Å². The molecule has 1 aromatic carbocycles. The third-order valence-electron chi connectivity index (χ3n) is 2.89. The smallest absolute Gasteiger partial charge is 0.240 e. The predicted molar refractivity (Wildman–Crippen MR) is 73.3 cm³/mol. The maximum atomic E-state index is 10.4. The fourth-order valence-corrected chi connectivity index (χ4v) is 1.88. The molecule has 0 aliphatic rings. The number of benzene rings is 1. The summed E-state index contributed by atoms with van der Waals surface area (Å²) in [6.45, 7) is 12.1. The zero-order valence-electron chi connectivity index (χ0n) is 12.0. The van der Waals surface area contributed by atoms with Gasteiger partial charge in [0.2, 0.25) is 6.08 Å². The second kappa shape index (κ2) is 4.58. The number of phenolic OH excluding ortho intramolecular Hbond substituents is 1. The third kappa shape index (κ3) is 2.99. The van der Waals surface area contributed by atoms with Crippen LogP contribution >= 0.6 is 0 Å². The minimum Gasteiger partial charge on any atom is -0.507 e. The van der Waals surface area contributed by atoms with Crippen molar-refractivity contribution in [3.8, 4) is 5.75 Å². The SMILES string of the molecule is CC(C)(C)c1cc(N=C=O)cc(C(C)(C)C)c1O. The van der Waals surface area contributed by atoms with Gasteiger partial charge in [-0.05, 0) is 23.0 Å². The van der Waals surface area contributed by atoms with Crippen molar-refractivity contribution in [2.75, 3.05) is 0 Å². The van der Waals surface area contributed by atoms with Gasteiger partial charge >= 0.3 is 0 Å². The maximum absolute atomic E-state index is 10.4. The second-order valence-corrected chi connectivity index (χ2v) is 6.59. The van der Waals surface area contributed by atoms with E-state index in [1.165, 1.54) is 0 Å². The van der Waals surface area contributed by atoms with Crippen LogP contribution in [0.15, 0.2) is 17.1 Å². The van der Waals surface area contributed by atoms with E-state index in [0.717, 1.165) is 11.1 Å². The molecule has 18 heavy (non-hydrogen) atoms. The number of phenols is 1. The highest BCUT2D eigenvalue weighted by Gasteiger charge is 2.26. The lowest BCUT2D eigenvalue weighted by Gasteiger charge is -2.27. The van der Waals surface area contributed by atoms with Crippen LogP contribution in [0.1, 0.15) is 52.7 Å². The number of aliphatic imine (C=N–C) groups is 1. The summed E-state index contributed by atoms with van der Waals surface area (Å²) < 4.78 is 0. The Morgan fingerprint density at radius 1 is 1.00 bits per heavy atom. The molecule has 3 heteroatoms. The first-order valence-electron chi connectivity index (χ1n) is 6.03. The Morgan fingerprint density at radius 2 is 1.39 bits per heavy atom. The van der Waals surface area contributed by atoms with E-state index >= 15 is 0 Å². The average molecular weight is 247 g/mol. The Labute approximate surface area is 109 Å². The van der Waals surface area contributed by atoms with Gasteiger partial charge in [-0.25, -0.2) is 4.79 Å². The van der Waals surface area contributed by atoms with Crippen molar-refractivity contribution in [2.45, 2.75) is 52.4 Å². The minimum atomic E-state index is -0.210. The predicted octanol–water partition coefficient (Wildman–Crippen LogP) is 3.95. The second-order valence-electron chi connectivity index (χ2n) is 6.59. The van der Waals surface area contributed by atoms with Gasteiger partial charge in [0.15, 0.2) is 0 Å². The first-order chi connectivity index (χ1) is 8.07. The Balaban J connectivity index is 3.64. The molecule has 0 saturated heterocycles. The van der Waals surface area contributed by atoms with Crippen LogP contribution in [0.25, 0.3) is 0 Å². The van der Waals surface area contributed by atoms with Crippen molar-refractivity contribution in [2.24, 2.45) is 4.99 Å². The monoisotopic (exact) mass is 247 g/mol. The molecule has 0 bridgehead atoms. The highest BCUT2D eigenvalue weighted by molar-refractivity contribution is 5.59. The Kier molecular flexibility index (Phi) is 3.68. The Hall–Kier alpha value is -1.60. The van der Waals surface area contributed by atoms with E-state index in [2.05, 4.69) is 4.99 Å². The first kappa shape index (κ1) is 14.5. The summed E-state index contributed by atoms with van der Waals surface area (Å²) in [6.07, 6.45) is 1.55.